The molecule has 0 aromatic heterocycles. The number of rotatable bonds is 1. The van der Waals surface area contributed by atoms with Crippen molar-refractivity contribution >= 4 is 27.8 Å². The molecular weight excluding hydrogens is 316 g/mol. The summed E-state index contributed by atoms with van der Waals surface area (Å²) in [7, 11) is 0. The summed E-state index contributed by atoms with van der Waals surface area (Å²) in [4.78, 5) is 12.7. The van der Waals surface area contributed by atoms with E-state index in [0.717, 1.165) is 28.5 Å². The van der Waals surface area contributed by atoms with Crippen LogP contribution in [0.25, 0.3) is 6.08 Å². The van der Waals surface area contributed by atoms with E-state index in [1.54, 1.807) is 0 Å². The lowest BCUT2D eigenvalue weighted by atomic mass is 9.65. The van der Waals surface area contributed by atoms with Crippen LogP contribution < -0.4 is 0 Å². The first-order valence-electron chi connectivity index (χ1n) is 7.04. The van der Waals surface area contributed by atoms with Crippen molar-refractivity contribution in [3.05, 3.63) is 39.9 Å². The molecule has 2 unspecified atom stereocenters. The van der Waals surface area contributed by atoms with Crippen molar-refractivity contribution in [2.75, 3.05) is 0 Å². The monoisotopic (exact) mass is 334 g/mol. The lowest BCUT2D eigenvalue weighted by Gasteiger charge is -2.53. The molecule has 0 radical (unpaired) electrons. The third-order valence-electron chi connectivity index (χ3n) is 4.55. The van der Waals surface area contributed by atoms with Crippen LogP contribution in [0.1, 0.15) is 39.2 Å². The van der Waals surface area contributed by atoms with Crippen LogP contribution in [0.3, 0.4) is 0 Å². The van der Waals surface area contributed by atoms with Gasteiger partial charge in [-0.25, -0.2) is 0 Å². The Morgan fingerprint density at radius 3 is 2.50 bits per heavy atom. The summed E-state index contributed by atoms with van der Waals surface area (Å²) in [5.74, 6) is 0.358. The van der Waals surface area contributed by atoms with Crippen LogP contribution in [0, 0.1) is 5.92 Å². The fourth-order valence-electron chi connectivity index (χ4n) is 3.53. The molecule has 3 aliphatic rings. The number of carbonyl (C=O) groups is 1. The van der Waals surface area contributed by atoms with Gasteiger partial charge >= 0.3 is 0 Å². The van der Waals surface area contributed by atoms with Crippen molar-refractivity contribution in [2.24, 2.45) is 5.92 Å². The highest BCUT2D eigenvalue weighted by atomic mass is 79.9. The zero-order chi connectivity index (χ0) is 14.5. The second kappa shape index (κ2) is 4.54. The molecule has 2 aliphatic heterocycles. The van der Waals surface area contributed by atoms with Gasteiger partial charge in [-0.2, -0.15) is 0 Å². The highest BCUT2D eigenvalue weighted by Gasteiger charge is 2.56. The zero-order valence-electron chi connectivity index (χ0n) is 12.1. The van der Waals surface area contributed by atoms with E-state index in [1.165, 1.54) is 0 Å². The maximum atomic E-state index is 12.7. The third-order valence-corrected chi connectivity index (χ3v) is 5.08. The summed E-state index contributed by atoms with van der Waals surface area (Å²) in [6.07, 6.45) is 3.90. The van der Waals surface area contributed by atoms with Gasteiger partial charge < -0.3 is 4.74 Å². The second-order valence-electron chi connectivity index (χ2n) is 6.51. The Morgan fingerprint density at radius 1 is 1.25 bits per heavy atom. The van der Waals surface area contributed by atoms with E-state index in [4.69, 9.17) is 4.74 Å². The smallest absolute Gasteiger partial charge is 0.190 e. The molecule has 0 spiro atoms. The van der Waals surface area contributed by atoms with Crippen molar-refractivity contribution in [3.63, 3.8) is 0 Å². The second-order valence-corrected chi connectivity index (χ2v) is 7.42. The number of ether oxygens (including phenoxy) is 1. The van der Waals surface area contributed by atoms with Gasteiger partial charge in [0.1, 0.15) is 5.60 Å². The number of hydrogen-bond donors (Lipinski definition) is 0. The molecule has 3 heteroatoms. The average molecular weight is 335 g/mol. The van der Waals surface area contributed by atoms with Crippen molar-refractivity contribution in [3.8, 4) is 0 Å². The maximum Gasteiger partial charge on any atom is 0.190 e. The molecule has 0 amide bonds. The highest BCUT2D eigenvalue weighted by molar-refractivity contribution is 9.10. The molecule has 0 N–H and O–H groups in total. The molecule has 2 saturated heterocycles. The fourth-order valence-corrected chi connectivity index (χ4v) is 3.79. The predicted molar refractivity (Wildman–Crippen MR) is 83.4 cm³/mol. The first-order chi connectivity index (χ1) is 9.32. The van der Waals surface area contributed by atoms with E-state index < -0.39 is 5.60 Å². The van der Waals surface area contributed by atoms with Crippen LogP contribution in [0.5, 0.6) is 0 Å². The molecule has 3 fully saturated rings. The van der Waals surface area contributed by atoms with Gasteiger partial charge in [-0.15, -0.1) is 0 Å². The minimum Gasteiger partial charge on any atom is -0.361 e. The largest absolute Gasteiger partial charge is 0.361 e. The SMILES string of the molecule is CC12CCC(/C(=C\c3ccc(Br)cc3)C1=O)C(C)(C)O2. The number of hydrogen-bond acceptors (Lipinski definition) is 2. The Kier molecular flexibility index (Phi) is 3.18. The summed E-state index contributed by atoms with van der Waals surface area (Å²) in [6, 6.07) is 8.06. The van der Waals surface area contributed by atoms with Gasteiger partial charge in [0.15, 0.2) is 5.78 Å². The van der Waals surface area contributed by atoms with E-state index >= 15 is 0 Å². The van der Waals surface area contributed by atoms with Gasteiger partial charge in [0.2, 0.25) is 0 Å². The Bertz CT molecular complexity index is 586. The van der Waals surface area contributed by atoms with Crippen molar-refractivity contribution in [1.29, 1.82) is 0 Å². The topological polar surface area (TPSA) is 26.3 Å². The number of fused-ring (bicyclic) bond motifs is 3. The van der Waals surface area contributed by atoms with Crippen molar-refractivity contribution < 1.29 is 9.53 Å². The van der Waals surface area contributed by atoms with Crippen LogP contribution in [-0.4, -0.2) is 17.0 Å². The van der Waals surface area contributed by atoms with Gasteiger partial charge in [0.25, 0.3) is 0 Å². The summed E-state index contributed by atoms with van der Waals surface area (Å²) in [5, 5.41) is 0. The molecule has 1 aliphatic carbocycles. The number of Topliss-reactive ketones (excluding diaryl/α,β-unsaturated/α-hetero) is 1. The molecule has 20 heavy (non-hydrogen) atoms. The van der Waals surface area contributed by atoms with Crippen molar-refractivity contribution in [2.45, 2.75) is 44.8 Å². The zero-order valence-corrected chi connectivity index (χ0v) is 13.7. The average Bonchev–Trinajstić information content (AvgIpc) is 2.36. The quantitative estimate of drug-likeness (QED) is 0.712. The number of ketones is 1. The fraction of sp³-hybridized carbons (Fsp3) is 0.471. The predicted octanol–water partition coefficient (Wildman–Crippen LogP) is 4.38. The molecule has 2 bridgehead atoms. The van der Waals surface area contributed by atoms with Crippen LogP contribution in [0.2, 0.25) is 0 Å². The van der Waals surface area contributed by atoms with Crippen LogP contribution in [-0.2, 0) is 9.53 Å². The Labute approximate surface area is 128 Å². The lowest BCUT2D eigenvalue weighted by Crippen LogP contribution is -2.60. The summed E-state index contributed by atoms with van der Waals surface area (Å²) in [6.45, 7) is 6.12. The van der Waals surface area contributed by atoms with Gasteiger partial charge in [0.05, 0.1) is 5.60 Å². The third kappa shape index (κ3) is 2.17. The van der Waals surface area contributed by atoms with Crippen molar-refractivity contribution in [1.82, 2.24) is 0 Å². The summed E-state index contributed by atoms with van der Waals surface area (Å²) < 4.78 is 7.11. The number of benzene rings is 1. The lowest BCUT2D eigenvalue weighted by molar-refractivity contribution is -0.206. The Balaban J connectivity index is 2.04. The van der Waals surface area contributed by atoms with E-state index in [0.29, 0.717) is 0 Å². The van der Waals surface area contributed by atoms with Gasteiger partial charge in [-0.05, 0) is 57.4 Å². The van der Waals surface area contributed by atoms with Gasteiger partial charge in [-0.3, -0.25) is 4.79 Å². The normalized spacial score (nSPS) is 33.7. The number of halogens is 1. The molecule has 1 aromatic carbocycles. The van der Waals surface area contributed by atoms with Crippen LogP contribution in [0.4, 0.5) is 0 Å². The molecule has 4 rings (SSSR count). The summed E-state index contributed by atoms with van der Waals surface area (Å²) >= 11 is 3.43. The minimum atomic E-state index is -0.639. The van der Waals surface area contributed by atoms with Crippen LogP contribution in [0.15, 0.2) is 34.3 Å². The first kappa shape index (κ1) is 14.0. The van der Waals surface area contributed by atoms with E-state index in [9.17, 15) is 4.79 Å². The van der Waals surface area contributed by atoms with Gasteiger partial charge in [-0.1, -0.05) is 28.1 Å². The Hall–Kier alpha value is -0.930. The maximum absolute atomic E-state index is 12.7. The molecule has 1 aromatic rings. The highest BCUT2D eigenvalue weighted by Crippen LogP contribution is 2.50. The first-order valence-corrected chi connectivity index (χ1v) is 7.83. The molecule has 2 heterocycles. The minimum absolute atomic E-state index is 0.163. The van der Waals surface area contributed by atoms with E-state index in [1.807, 2.05) is 37.3 Å². The molecule has 2 atom stereocenters. The molecule has 2 nitrogen and oxygen atoms in total. The molecule has 106 valence electrons. The van der Waals surface area contributed by atoms with E-state index in [2.05, 4.69) is 29.8 Å². The standard InChI is InChI=1S/C17H19BrO2/c1-16(2)14-8-9-17(3,20-16)15(19)13(14)10-11-4-6-12(18)7-5-11/h4-7,10,14H,8-9H2,1-3H3/b13-10+. The van der Waals surface area contributed by atoms with Crippen LogP contribution >= 0.6 is 15.9 Å². The Morgan fingerprint density at radius 2 is 1.90 bits per heavy atom. The summed E-state index contributed by atoms with van der Waals surface area (Å²) in [5.41, 5.74) is 1.10. The van der Waals surface area contributed by atoms with Gasteiger partial charge in [0, 0.05) is 16.0 Å². The molecule has 1 saturated carbocycles. The number of carbonyl (C=O) groups excluding carboxylic acids is 1. The van der Waals surface area contributed by atoms with E-state index in [-0.39, 0.29) is 17.3 Å². The molecular formula is C17H19BrO2.